The van der Waals surface area contributed by atoms with Crippen LogP contribution in [0.3, 0.4) is 0 Å². The predicted molar refractivity (Wildman–Crippen MR) is 102 cm³/mol. The first-order chi connectivity index (χ1) is 11.2. The van der Waals surface area contributed by atoms with Gasteiger partial charge in [0.1, 0.15) is 0 Å². The fraction of sp³-hybridized carbons (Fsp3) is 0.333. The number of aryl methyl sites for hydroxylation is 1. The third-order valence-electron chi connectivity index (χ3n) is 4.29. The molecule has 1 aromatic carbocycles. The van der Waals surface area contributed by atoms with Crippen molar-refractivity contribution < 1.29 is 0 Å². The number of nitrogens with zero attached hydrogens (tertiary/aromatic N) is 3. The van der Waals surface area contributed by atoms with Crippen molar-refractivity contribution in [2.75, 3.05) is 0 Å². The van der Waals surface area contributed by atoms with Crippen LogP contribution in [-0.2, 0) is 13.0 Å². The molecule has 0 amide bonds. The molecule has 0 fully saturated rings. The van der Waals surface area contributed by atoms with Crippen LogP contribution in [-0.4, -0.2) is 16.2 Å². The van der Waals surface area contributed by atoms with Crippen molar-refractivity contribution in [2.24, 2.45) is 21.7 Å². The Balaban J connectivity index is 0.00000208. The lowest BCUT2D eigenvalue weighted by Gasteiger charge is -2.25. The fourth-order valence-corrected chi connectivity index (χ4v) is 3.27. The van der Waals surface area contributed by atoms with E-state index in [9.17, 15) is 0 Å². The van der Waals surface area contributed by atoms with Crippen LogP contribution in [0.25, 0.3) is 0 Å². The molecule has 1 aliphatic rings. The Hall–Kier alpha value is -2.27. The maximum Gasteiger partial charge on any atom is 0.211 e. The summed E-state index contributed by atoms with van der Waals surface area (Å²) in [5, 5.41) is 8.20. The minimum Gasteiger partial charge on any atom is -0.369 e. The minimum atomic E-state index is -0.00567. The summed E-state index contributed by atoms with van der Waals surface area (Å²) in [6, 6.07) is 12.7. The first kappa shape index (κ1) is 18.1. The van der Waals surface area contributed by atoms with Gasteiger partial charge in [-0.2, -0.15) is 5.10 Å². The number of guanidine groups is 1. The largest absolute Gasteiger partial charge is 0.369 e. The standard InChI is InChI=1S/C18H23N5.ClH/c1-2-9-23-10-8-15-16(21-22-18(19)20)11-14(12-17(15)23)13-6-4-3-5-7-13;/h3-8,10,14H,2,9,11-12H2,1H3,(H4,19,20,22);1H/b21-16+;. The van der Waals surface area contributed by atoms with Crippen molar-refractivity contribution >= 4 is 24.1 Å². The molecule has 1 aromatic heterocycles. The van der Waals surface area contributed by atoms with Gasteiger partial charge in [-0.05, 0) is 36.8 Å². The van der Waals surface area contributed by atoms with Gasteiger partial charge in [0.15, 0.2) is 0 Å². The number of benzene rings is 1. The lowest BCUT2D eigenvalue weighted by Crippen LogP contribution is -2.23. The van der Waals surface area contributed by atoms with Crippen LogP contribution in [0.2, 0.25) is 0 Å². The van der Waals surface area contributed by atoms with Crippen LogP contribution in [0.5, 0.6) is 0 Å². The highest BCUT2D eigenvalue weighted by atomic mass is 35.5. The van der Waals surface area contributed by atoms with Crippen molar-refractivity contribution in [3.63, 3.8) is 0 Å². The molecule has 4 N–H and O–H groups in total. The van der Waals surface area contributed by atoms with Gasteiger partial charge in [-0.15, -0.1) is 17.5 Å². The summed E-state index contributed by atoms with van der Waals surface area (Å²) in [6.45, 7) is 3.21. The molecule has 6 heteroatoms. The van der Waals surface area contributed by atoms with Crippen LogP contribution in [0.4, 0.5) is 0 Å². The maximum absolute atomic E-state index is 5.44. The lowest BCUT2D eigenvalue weighted by molar-refractivity contribution is 0.600. The summed E-state index contributed by atoms with van der Waals surface area (Å²) < 4.78 is 2.33. The van der Waals surface area contributed by atoms with Crippen molar-refractivity contribution in [1.82, 2.24) is 4.57 Å². The zero-order chi connectivity index (χ0) is 16.2. The highest BCUT2D eigenvalue weighted by Gasteiger charge is 2.27. The average Bonchev–Trinajstić information content (AvgIpc) is 2.97. The zero-order valence-corrected chi connectivity index (χ0v) is 14.7. The molecule has 0 saturated carbocycles. The van der Waals surface area contributed by atoms with Gasteiger partial charge in [-0.3, -0.25) is 0 Å². The van der Waals surface area contributed by atoms with Gasteiger partial charge in [0, 0.05) is 24.0 Å². The molecular weight excluding hydrogens is 322 g/mol. The number of nitrogens with two attached hydrogens (primary N) is 2. The molecule has 2 aromatic rings. The van der Waals surface area contributed by atoms with E-state index in [4.69, 9.17) is 11.5 Å². The van der Waals surface area contributed by atoms with E-state index in [2.05, 4.69) is 58.2 Å². The van der Waals surface area contributed by atoms with Crippen LogP contribution < -0.4 is 11.5 Å². The Labute approximate surface area is 148 Å². The molecule has 1 unspecified atom stereocenters. The van der Waals surface area contributed by atoms with Gasteiger partial charge in [0.2, 0.25) is 5.96 Å². The van der Waals surface area contributed by atoms with Crippen LogP contribution >= 0.6 is 12.4 Å². The Morgan fingerprint density at radius 2 is 1.92 bits per heavy atom. The molecular formula is C18H24ClN5. The number of fused-ring (bicyclic) bond motifs is 1. The normalized spacial score (nSPS) is 17.9. The zero-order valence-electron chi connectivity index (χ0n) is 13.9. The molecule has 0 saturated heterocycles. The van der Waals surface area contributed by atoms with Gasteiger partial charge in [0.05, 0.1) is 5.71 Å². The molecule has 0 aliphatic heterocycles. The van der Waals surface area contributed by atoms with Gasteiger partial charge in [-0.25, -0.2) is 0 Å². The van der Waals surface area contributed by atoms with Crippen molar-refractivity contribution in [3.05, 3.63) is 59.4 Å². The van der Waals surface area contributed by atoms with Gasteiger partial charge >= 0.3 is 0 Å². The molecule has 1 aliphatic carbocycles. The van der Waals surface area contributed by atoms with E-state index in [1.807, 2.05) is 6.07 Å². The van der Waals surface area contributed by atoms with E-state index in [1.54, 1.807) is 0 Å². The van der Waals surface area contributed by atoms with Crippen LogP contribution in [0.1, 0.15) is 42.5 Å². The summed E-state index contributed by atoms with van der Waals surface area (Å²) in [5.41, 5.74) is 15.7. The summed E-state index contributed by atoms with van der Waals surface area (Å²) in [7, 11) is 0. The molecule has 0 spiro atoms. The minimum absolute atomic E-state index is 0. The third kappa shape index (κ3) is 3.79. The average molecular weight is 346 g/mol. The van der Waals surface area contributed by atoms with E-state index < -0.39 is 0 Å². The Morgan fingerprint density at radius 1 is 1.17 bits per heavy atom. The quantitative estimate of drug-likeness (QED) is 0.507. The Morgan fingerprint density at radius 3 is 2.58 bits per heavy atom. The number of rotatable bonds is 4. The molecule has 5 nitrogen and oxygen atoms in total. The van der Waals surface area contributed by atoms with Crippen LogP contribution in [0, 0.1) is 0 Å². The second kappa shape index (κ2) is 8.02. The summed E-state index contributed by atoms with van der Waals surface area (Å²) in [4.78, 5) is 0. The second-order valence-corrected chi connectivity index (χ2v) is 5.96. The lowest BCUT2D eigenvalue weighted by atomic mass is 9.82. The molecule has 1 atom stereocenters. The predicted octanol–water partition coefficient (Wildman–Crippen LogP) is 3.03. The van der Waals surface area contributed by atoms with Gasteiger partial charge in [-0.1, -0.05) is 37.3 Å². The Kier molecular flexibility index (Phi) is 6.04. The fourth-order valence-electron chi connectivity index (χ4n) is 3.27. The maximum atomic E-state index is 5.44. The summed E-state index contributed by atoms with van der Waals surface area (Å²) >= 11 is 0. The molecule has 0 radical (unpaired) electrons. The van der Waals surface area contributed by atoms with Gasteiger partial charge < -0.3 is 16.0 Å². The number of aromatic nitrogens is 1. The summed E-state index contributed by atoms with van der Waals surface area (Å²) in [5.74, 6) is 0.399. The number of halogens is 1. The SMILES string of the molecule is CCCn1ccc2c1CC(c1ccccc1)C/C2=N\N=C(N)N.Cl. The third-order valence-corrected chi connectivity index (χ3v) is 4.29. The monoisotopic (exact) mass is 345 g/mol. The van der Waals surface area contributed by atoms with Crippen molar-refractivity contribution in [1.29, 1.82) is 0 Å². The number of hydrogen-bond acceptors (Lipinski definition) is 2. The van der Waals surface area contributed by atoms with E-state index in [-0.39, 0.29) is 18.4 Å². The summed E-state index contributed by atoms with van der Waals surface area (Å²) in [6.07, 6.45) is 5.13. The van der Waals surface area contributed by atoms with Crippen LogP contribution in [0.15, 0.2) is 52.8 Å². The Bertz CT molecular complexity index is 729. The van der Waals surface area contributed by atoms with E-state index >= 15 is 0 Å². The van der Waals surface area contributed by atoms with Gasteiger partial charge in [0.25, 0.3) is 0 Å². The molecule has 24 heavy (non-hydrogen) atoms. The number of hydrogen-bond donors (Lipinski definition) is 2. The highest BCUT2D eigenvalue weighted by Crippen LogP contribution is 2.34. The molecule has 0 bridgehead atoms. The topological polar surface area (TPSA) is 81.7 Å². The van der Waals surface area contributed by atoms with Crippen molar-refractivity contribution in [2.45, 2.75) is 38.6 Å². The molecule has 128 valence electrons. The first-order valence-corrected chi connectivity index (χ1v) is 8.07. The second-order valence-electron chi connectivity index (χ2n) is 5.96. The van der Waals surface area contributed by atoms with E-state index in [1.165, 1.54) is 16.8 Å². The molecule has 1 heterocycles. The van der Waals surface area contributed by atoms with Crippen molar-refractivity contribution in [3.8, 4) is 0 Å². The smallest absolute Gasteiger partial charge is 0.211 e. The van der Waals surface area contributed by atoms with E-state index in [0.717, 1.165) is 31.5 Å². The molecule has 3 rings (SSSR count). The first-order valence-electron chi connectivity index (χ1n) is 8.07. The highest BCUT2D eigenvalue weighted by molar-refractivity contribution is 6.03. The van der Waals surface area contributed by atoms with E-state index in [0.29, 0.717) is 5.92 Å².